The molecule has 0 fully saturated rings. The summed E-state index contributed by atoms with van der Waals surface area (Å²) in [5.74, 6) is 0.843. The number of nitrogens with two attached hydrogens (primary N) is 1. The molecule has 0 atom stereocenters. The predicted octanol–water partition coefficient (Wildman–Crippen LogP) is 2.94. The fourth-order valence-electron chi connectivity index (χ4n) is 1.88. The Morgan fingerprint density at radius 2 is 2.21 bits per heavy atom. The van der Waals surface area contributed by atoms with Crippen LogP contribution in [0.4, 0.5) is 10.8 Å². The van der Waals surface area contributed by atoms with Crippen molar-refractivity contribution >= 4 is 22.2 Å². The van der Waals surface area contributed by atoms with Gasteiger partial charge in [0.2, 0.25) is 0 Å². The van der Waals surface area contributed by atoms with Gasteiger partial charge in [-0.3, -0.25) is 0 Å². The molecule has 4 nitrogen and oxygen atoms in total. The molecule has 2 N–H and O–H groups in total. The zero-order valence-electron chi connectivity index (χ0n) is 11.5. The third-order valence-corrected chi connectivity index (χ3v) is 4.21. The monoisotopic (exact) mass is 277 g/mol. The number of methoxy groups -OCH3 is 1. The molecule has 102 valence electrons. The summed E-state index contributed by atoms with van der Waals surface area (Å²) in [5, 5.41) is 0.963. The summed E-state index contributed by atoms with van der Waals surface area (Å²) in [6, 6.07) is 7.94. The third-order valence-electron chi connectivity index (χ3n) is 3.01. The molecule has 5 heteroatoms. The summed E-state index contributed by atoms with van der Waals surface area (Å²) < 4.78 is 5.25. The molecule has 0 radical (unpaired) electrons. The maximum atomic E-state index is 5.76. The molecular formula is C14H19N3OS. The van der Waals surface area contributed by atoms with Crippen molar-refractivity contribution in [2.45, 2.75) is 19.9 Å². The molecule has 19 heavy (non-hydrogen) atoms. The highest BCUT2D eigenvalue weighted by Crippen LogP contribution is 2.32. The SMILES string of the molecule is CCc1nc(N(C)c2cccc(OC)c2)sc1CN. The van der Waals surface area contributed by atoms with Gasteiger partial charge < -0.3 is 15.4 Å². The van der Waals surface area contributed by atoms with E-state index in [4.69, 9.17) is 10.5 Å². The van der Waals surface area contributed by atoms with Crippen LogP contribution >= 0.6 is 11.3 Å². The van der Waals surface area contributed by atoms with Crippen LogP contribution in [0.3, 0.4) is 0 Å². The maximum Gasteiger partial charge on any atom is 0.190 e. The average molecular weight is 277 g/mol. The molecule has 1 aromatic carbocycles. The van der Waals surface area contributed by atoms with Gasteiger partial charge in [0.15, 0.2) is 5.13 Å². The van der Waals surface area contributed by atoms with Crippen LogP contribution in [0.5, 0.6) is 5.75 Å². The third kappa shape index (κ3) is 2.88. The van der Waals surface area contributed by atoms with Gasteiger partial charge in [0, 0.05) is 30.2 Å². The molecule has 0 aliphatic rings. The first-order valence-corrected chi connectivity index (χ1v) is 7.07. The predicted molar refractivity (Wildman–Crippen MR) is 80.4 cm³/mol. The first kappa shape index (κ1) is 13.8. The lowest BCUT2D eigenvalue weighted by molar-refractivity contribution is 0.415. The van der Waals surface area contributed by atoms with E-state index in [0.717, 1.165) is 33.6 Å². The van der Waals surface area contributed by atoms with Crippen molar-refractivity contribution in [1.82, 2.24) is 4.98 Å². The van der Waals surface area contributed by atoms with Gasteiger partial charge >= 0.3 is 0 Å². The Labute approximate surface area is 117 Å². The molecule has 0 spiro atoms. The summed E-state index contributed by atoms with van der Waals surface area (Å²) in [4.78, 5) is 7.88. The number of rotatable bonds is 5. The van der Waals surface area contributed by atoms with Gasteiger partial charge in [0.1, 0.15) is 5.75 Å². The van der Waals surface area contributed by atoms with E-state index in [9.17, 15) is 0 Å². The van der Waals surface area contributed by atoms with Crippen LogP contribution in [0.1, 0.15) is 17.5 Å². The van der Waals surface area contributed by atoms with E-state index in [1.54, 1.807) is 18.4 Å². The Morgan fingerprint density at radius 3 is 2.79 bits per heavy atom. The van der Waals surface area contributed by atoms with Crippen molar-refractivity contribution in [3.8, 4) is 5.75 Å². The van der Waals surface area contributed by atoms with Gasteiger partial charge in [-0.05, 0) is 18.6 Å². The molecule has 0 aliphatic heterocycles. The van der Waals surface area contributed by atoms with Crippen LogP contribution < -0.4 is 15.4 Å². The minimum absolute atomic E-state index is 0.548. The molecule has 0 aliphatic carbocycles. The molecule has 0 saturated carbocycles. The van der Waals surface area contributed by atoms with Crippen LogP contribution in [0.15, 0.2) is 24.3 Å². The topological polar surface area (TPSA) is 51.4 Å². The zero-order chi connectivity index (χ0) is 13.8. The number of hydrogen-bond donors (Lipinski definition) is 1. The number of ether oxygens (including phenoxy) is 1. The zero-order valence-corrected chi connectivity index (χ0v) is 12.3. The van der Waals surface area contributed by atoms with Gasteiger partial charge in [0.25, 0.3) is 0 Å². The van der Waals surface area contributed by atoms with Crippen LogP contribution in [0.25, 0.3) is 0 Å². The number of aryl methyl sites for hydroxylation is 1. The summed E-state index contributed by atoms with van der Waals surface area (Å²) in [6.07, 6.45) is 0.912. The second kappa shape index (κ2) is 6.04. The van der Waals surface area contributed by atoms with E-state index in [1.165, 1.54) is 0 Å². The fraction of sp³-hybridized carbons (Fsp3) is 0.357. The lowest BCUT2D eigenvalue weighted by Gasteiger charge is -2.16. The lowest BCUT2D eigenvalue weighted by Crippen LogP contribution is -2.09. The molecule has 0 bridgehead atoms. The van der Waals surface area contributed by atoms with Gasteiger partial charge in [-0.15, -0.1) is 0 Å². The van der Waals surface area contributed by atoms with E-state index in [0.29, 0.717) is 6.54 Å². The van der Waals surface area contributed by atoms with Crippen LogP contribution in [0.2, 0.25) is 0 Å². The number of thiazole rings is 1. The van der Waals surface area contributed by atoms with Crippen LogP contribution in [-0.4, -0.2) is 19.1 Å². The van der Waals surface area contributed by atoms with E-state index in [2.05, 4.69) is 16.8 Å². The summed E-state index contributed by atoms with van der Waals surface area (Å²) in [6.45, 7) is 2.65. The molecule has 0 saturated heterocycles. The first-order valence-electron chi connectivity index (χ1n) is 6.26. The van der Waals surface area contributed by atoms with Crippen LogP contribution in [0, 0.1) is 0 Å². The van der Waals surface area contributed by atoms with E-state index in [1.807, 2.05) is 31.3 Å². The minimum Gasteiger partial charge on any atom is -0.497 e. The van der Waals surface area contributed by atoms with E-state index < -0.39 is 0 Å². The standard InChI is InChI=1S/C14H19N3OS/c1-4-12-13(9-15)19-14(16-12)17(2)10-6-5-7-11(8-10)18-3/h5-8H,4,9,15H2,1-3H3. The lowest BCUT2D eigenvalue weighted by atomic mass is 10.3. The Morgan fingerprint density at radius 1 is 1.42 bits per heavy atom. The Hall–Kier alpha value is -1.59. The second-order valence-corrected chi connectivity index (χ2v) is 5.25. The largest absolute Gasteiger partial charge is 0.497 e. The summed E-state index contributed by atoms with van der Waals surface area (Å²) in [5.41, 5.74) is 7.91. The van der Waals surface area contributed by atoms with E-state index >= 15 is 0 Å². The fourth-order valence-corrected chi connectivity index (χ4v) is 2.89. The van der Waals surface area contributed by atoms with Crippen molar-refractivity contribution in [2.24, 2.45) is 5.73 Å². The molecule has 0 unspecified atom stereocenters. The minimum atomic E-state index is 0.548. The van der Waals surface area contributed by atoms with Crippen molar-refractivity contribution < 1.29 is 4.74 Å². The summed E-state index contributed by atoms with van der Waals surface area (Å²) >= 11 is 1.65. The molecule has 1 heterocycles. The Kier molecular flexibility index (Phi) is 4.39. The highest BCUT2D eigenvalue weighted by molar-refractivity contribution is 7.15. The van der Waals surface area contributed by atoms with Gasteiger partial charge in [-0.25, -0.2) is 4.98 Å². The van der Waals surface area contributed by atoms with Gasteiger partial charge in [-0.2, -0.15) is 0 Å². The van der Waals surface area contributed by atoms with Gasteiger partial charge in [-0.1, -0.05) is 24.3 Å². The Bertz CT molecular complexity index is 532. The van der Waals surface area contributed by atoms with Crippen molar-refractivity contribution in [3.63, 3.8) is 0 Å². The molecule has 2 aromatic rings. The second-order valence-electron chi connectivity index (χ2n) is 4.18. The average Bonchev–Trinajstić information content (AvgIpc) is 2.89. The quantitative estimate of drug-likeness (QED) is 0.913. The molecule has 1 aromatic heterocycles. The van der Waals surface area contributed by atoms with E-state index in [-0.39, 0.29) is 0 Å². The Balaban J connectivity index is 2.32. The van der Waals surface area contributed by atoms with Crippen molar-refractivity contribution in [1.29, 1.82) is 0 Å². The molecular weight excluding hydrogens is 258 g/mol. The first-order chi connectivity index (χ1) is 9.19. The van der Waals surface area contributed by atoms with Crippen molar-refractivity contribution in [2.75, 3.05) is 19.1 Å². The smallest absolute Gasteiger partial charge is 0.190 e. The number of hydrogen-bond acceptors (Lipinski definition) is 5. The van der Waals surface area contributed by atoms with Crippen molar-refractivity contribution in [3.05, 3.63) is 34.8 Å². The summed E-state index contributed by atoms with van der Waals surface area (Å²) in [7, 11) is 3.68. The molecule has 2 rings (SSSR count). The highest BCUT2D eigenvalue weighted by atomic mass is 32.1. The normalized spacial score (nSPS) is 10.5. The van der Waals surface area contributed by atoms with Crippen LogP contribution in [-0.2, 0) is 13.0 Å². The van der Waals surface area contributed by atoms with Gasteiger partial charge in [0.05, 0.1) is 12.8 Å². The number of nitrogens with zero attached hydrogens (tertiary/aromatic N) is 2. The maximum absolute atomic E-state index is 5.76. The number of benzene rings is 1. The molecule has 0 amide bonds. The number of aromatic nitrogens is 1. The number of anilines is 2. The highest BCUT2D eigenvalue weighted by Gasteiger charge is 2.13.